The predicted molar refractivity (Wildman–Crippen MR) is 155 cm³/mol. The lowest BCUT2D eigenvalue weighted by molar-refractivity contribution is 0.0115. The van der Waals surface area contributed by atoms with E-state index in [9.17, 15) is 5.26 Å². The molecule has 1 atom stereocenters. The topological polar surface area (TPSA) is 122 Å². The Hall–Kier alpha value is -3.91. The summed E-state index contributed by atoms with van der Waals surface area (Å²) in [4.78, 5) is 14.0. The molecule has 10 heteroatoms. The van der Waals surface area contributed by atoms with Gasteiger partial charge in [-0.25, -0.2) is 9.97 Å². The van der Waals surface area contributed by atoms with Gasteiger partial charge in [-0.2, -0.15) is 5.26 Å². The third kappa shape index (κ3) is 6.45. The van der Waals surface area contributed by atoms with Gasteiger partial charge < -0.3 is 30.2 Å². The fraction of sp³-hybridized carbons (Fsp3) is 0.433. The first kappa shape index (κ1) is 27.6. The largest absolute Gasteiger partial charge is 0.494 e. The molecule has 2 fully saturated rings. The van der Waals surface area contributed by atoms with Crippen LogP contribution in [0.25, 0.3) is 11.1 Å². The van der Waals surface area contributed by atoms with Gasteiger partial charge in [-0.1, -0.05) is 6.07 Å². The summed E-state index contributed by atoms with van der Waals surface area (Å²) >= 11 is 0. The maximum absolute atomic E-state index is 9.42. The summed E-state index contributed by atoms with van der Waals surface area (Å²) < 4.78 is 17.1. The van der Waals surface area contributed by atoms with Gasteiger partial charge in [-0.3, -0.25) is 4.90 Å². The lowest BCUT2D eigenvalue weighted by Gasteiger charge is -2.40. The van der Waals surface area contributed by atoms with Crippen molar-refractivity contribution in [1.82, 2.24) is 14.9 Å². The molecule has 0 radical (unpaired) electrons. The van der Waals surface area contributed by atoms with Crippen molar-refractivity contribution in [1.29, 1.82) is 5.26 Å². The SMILES string of the molecule is COc1cc(N2CCC(N3CCOCC3)CC2)ccc1Nc1ncc(-c2ccc(C#N)c(O[C@@H](C)CN)c2)cn1. The molecule has 2 aliphatic rings. The highest BCUT2D eigenvalue weighted by molar-refractivity contribution is 5.70. The zero-order valence-corrected chi connectivity index (χ0v) is 23.2. The van der Waals surface area contributed by atoms with Gasteiger partial charge in [-0.05, 0) is 49.6 Å². The second-order valence-corrected chi connectivity index (χ2v) is 10.2. The fourth-order valence-corrected chi connectivity index (χ4v) is 5.23. The molecular formula is C30H37N7O3. The van der Waals surface area contributed by atoms with Crippen LogP contribution < -0.4 is 25.4 Å². The normalized spacial score (nSPS) is 17.2. The number of piperidine rings is 1. The second-order valence-electron chi connectivity index (χ2n) is 10.2. The minimum absolute atomic E-state index is 0.200. The van der Waals surface area contributed by atoms with Crippen LogP contribution in [-0.4, -0.2) is 80.1 Å². The van der Waals surface area contributed by atoms with Crippen molar-refractivity contribution in [2.45, 2.75) is 31.9 Å². The number of hydrogen-bond donors (Lipinski definition) is 2. The number of anilines is 3. The number of nitrogens with two attached hydrogens (primary N) is 1. The van der Waals surface area contributed by atoms with E-state index >= 15 is 0 Å². The van der Waals surface area contributed by atoms with E-state index in [0.29, 0.717) is 29.8 Å². The van der Waals surface area contributed by atoms with Gasteiger partial charge in [0.05, 0.1) is 31.6 Å². The van der Waals surface area contributed by atoms with Crippen LogP contribution in [0.4, 0.5) is 17.3 Å². The van der Waals surface area contributed by atoms with Gasteiger partial charge in [-0.15, -0.1) is 0 Å². The van der Waals surface area contributed by atoms with Gasteiger partial charge in [0.15, 0.2) is 0 Å². The van der Waals surface area contributed by atoms with Crippen LogP contribution in [0, 0.1) is 11.3 Å². The molecule has 3 aromatic rings. The van der Waals surface area contributed by atoms with Crippen LogP contribution in [0.15, 0.2) is 48.8 Å². The van der Waals surface area contributed by atoms with Gasteiger partial charge in [0.2, 0.25) is 5.95 Å². The summed E-state index contributed by atoms with van der Waals surface area (Å²) in [6.45, 7) is 8.04. The summed E-state index contributed by atoms with van der Waals surface area (Å²) in [6.07, 6.45) is 5.59. The maximum atomic E-state index is 9.42. The van der Waals surface area contributed by atoms with Gasteiger partial charge in [0, 0.05) is 68.5 Å². The molecule has 10 nitrogen and oxygen atoms in total. The van der Waals surface area contributed by atoms with Crippen molar-refractivity contribution >= 4 is 17.3 Å². The van der Waals surface area contributed by atoms with Crippen LogP contribution in [0.2, 0.25) is 0 Å². The Morgan fingerprint density at radius 3 is 2.48 bits per heavy atom. The summed E-state index contributed by atoms with van der Waals surface area (Å²) in [5.74, 6) is 1.70. The highest BCUT2D eigenvalue weighted by Crippen LogP contribution is 2.33. The second kappa shape index (κ2) is 13.0. The lowest BCUT2D eigenvalue weighted by atomic mass is 10.0. The van der Waals surface area contributed by atoms with Crippen LogP contribution in [0.5, 0.6) is 11.5 Å². The summed E-state index contributed by atoms with van der Waals surface area (Å²) in [7, 11) is 1.68. The minimum Gasteiger partial charge on any atom is -0.494 e. The first-order chi connectivity index (χ1) is 19.6. The first-order valence-corrected chi connectivity index (χ1v) is 13.8. The number of morpholine rings is 1. The van der Waals surface area contributed by atoms with Crippen LogP contribution >= 0.6 is 0 Å². The Labute approximate surface area is 235 Å². The average Bonchev–Trinajstić information content (AvgIpc) is 3.02. The fourth-order valence-electron chi connectivity index (χ4n) is 5.23. The number of benzene rings is 2. The van der Waals surface area contributed by atoms with E-state index in [-0.39, 0.29) is 6.10 Å². The molecule has 2 saturated heterocycles. The molecule has 0 bridgehead atoms. The maximum Gasteiger partial charge on any atom is 0.227 e. The Kier molecular flexibility index (Phi) is 8.96. The molecule has 3 N–H and O–H groups in total. The van der Waals surface area contributed by atoms with E-state index in [1.807, 2.05) is 25.1 Å². The third-order valence-corrected chi connectivity index (χ3v) is 7.57. The third-order valence-electron chi connectivity index (χ3n) is 7.57. The van der Waals surface area contributed by atoms with Crippen molar-refractivity contribution in [2.24, 2.45) is 5.73 Å². The van der Waals surface area contributed by atoms with E-state index in [0.717, 1.165) is 80.5 Å². The number of aromatic nitrogens is 2. The molecule has 0 aliphatic carbocycles. The minimum atomic E-state index is -0.200. The molecule has 0 spiro atoms. The Balaban J connectivity index is 1.24. The molecule has 0 amide bonds. The number of nitrogens with one attached hydrogen (secondary N) is 1. The number of nitrogens with zero attached hydrogens (tertiary/aromatic N) is 5. The van der Waals surface area contributed by atoms with E-state index in [1.54, 1.807) is 25.6 Å². The Bertz CT molecular complexity index is 1310. The highest BCUT2D eigenvalue weighted by atomic mass is 16.5. The summed E-state index contributed by atoms with van der Waals surface area (Å²) in [5.41, 5.74) is 9.76. The van der Waals surface area contributed by atoms with Crippen molar-refractivity contribution in [2.75, 3.05) is 63.3 Å². The molecular weight excluding hydrogens is 506 g/mol. The van der Waals surface area contributed by atoms with E-state index in [1.165, 1.54) is 0 Å². The standard InChI is InChI=1S/C30H37N7O3/c1-21(17-31)40-28-15-22(3-4-23(28)18-32)24-19-33-30(34-20-24)35-27-6-5-26(16-29(27)38-2)36-9-7-25(8-10-36)37-11-13-39-14-12-37/h3-6,15-16,19-21,25H,7-14,17,31H2,1-2H3,(H,33,34,35)/t21-/m0/s1. The van der Waals surface area contributed by atoms with Gasteiger partial charge in [0.1, 0.15) is 23.7 Å². The monoisotopic (exact) mass is 543 g/mol. The molecule has 2 aromatic carbocycles. The Morgan fingerprint density at radius 2 is 1.80 bits per heavy atom. The van der Waals surface area contributed by atoms with E-state index in [4.69, 9.17) is 19.9 Å². The lowest BCUT2D eigenvalue weighted by Crippen LogP contribution is -2.49. The predicted octanol–water partition coefficient (Wildman–Crippen LogP) is 3.79. The Morgan fingerprint density at radius 1 is 1.05 bits per heavy atom. The molecule has 2 aliphatic heterocycles. The average molecular weight is 544 g/mol. The van der Waals surface area contributed by atoms with Crippen molar-refractivity contribution in [3.05, 3.63) is 54.4 Å². The zero-order valence-electron chi connectivity index (χ0n) is 23.2. The molecule has 210 valence electrons. The number of rotatable bonds is 9. The zero-order chi connectivity index (χ0) is 27.9. The summed E-state index contributed by atoms with van der Waals surface area (Å²) in [6, 6.07) is 14.4. The van der Waals surface area contributed by atoms with E-state index < -0.39 is 0 Å². The molecule has 1 aromatic heterocycles. The smallest absolute Gasteiger partial charge is 0.227 e. The van der Waals surface area contributed by atoms with E-state index in [2.05, 4.69) is 43.3 Å². The van der Waals surface area contributed by atoms with Crippen molar-refractivity contribution in [3.63, 3.8) is 0 Å². The number of nitriles is 1. The van der Waals surface area contributed by atoms with Crippen LogP contribution in [-0.2, 0) is 4.74 Å². The molecule has 5 rings (SSSR count). The van der Waals surface area contributed by atoms with Gasteiger partial charge >= 0.3 is 0 Å². The molecule has 40 heavy (non-hydrogen) atoms. The highest BCUT2D eigenvalue weighted by Gasteiger charge is 2.26. The number of hydrogen-bond acceptors (Lipinski definition) is 10. The van der Waals surface area contributed by atoms with Gasteiger partial charge in [0.25, 0.3) is 0 Å². The van der Waals surface area contributed by atoms with Crippen molar-refractivity contribution < 1.29 is 14.2 Å². The van der Waals surface area contributed by atoms with Crippen molar-refractivity contribution in [3.8, 4) is 28.7 Å². The summed E-state index contributed by atoms with van der Waals surface area (Å²) in [5, 5.41) is 12.7. The van der Waals surface area contributed by atoms with Crippen LogP contribution in [0.1, 0.15) is 25.3 Å². The number of ether oxygens (including phenoxy) is 3. The first-order valence-electron chi connectivity index (χ1n) is 13.8. The molecule has 0 saturated carbocycles. The molecule has 3 heterocycles. The quantitative estimate of drug-likeness (QED) is 0.412. The number of methoxy groups -OCH3 is 1. The molecule has 0 unspecified atom stereocenters. The van der Waals surface area contributed by atoms with Crippen LogP contribution in [0.3, 0.4) is 0 Å².